The first-order valence-electron chi connectivity index (χ1n) is 7.25. The first-order valence-corrected chi connectivity index (χ1v) is 8.24. The van der Waals surface area contributed by atoms with Crippen LogP contribution < -0.4 is 5.32 Å². The molecule has 1 heterocycles. The zero-order valence-electron chi connectivity index (χ0n) is 12.9. The third kappa shape index (κ3) is 6.15. The highest BCUT2D eigenvalue weighted by molar-refractivity contribution is 8.13. The molecule has 1 N–H and O–H groups in total. The molecular weight excluding hydrogens is 258 g/mol. The number of nitrogens with zero attached hydrogens (tertiary/aromatic N) is 2. The standard InChI is InChI=1S/C14H29N3OS/c1-5-14(6-2)11-16-13(19-12-14)15-7-9-18-10-8-17(3)4/h5-12H2,1-4H3,(H,15,16). The summed E-state index contributed by atoms with van der Waals surface area (Å²) < 4.78 is 5.55. The van der Waals surface area contributed by atoms with Gasteiger partial charge in [-0.15, -0.1) is 0 Å². The molecule has 0 aromatic heterocycles. The molecule has 0 fully saturated rings. The molecule has 1 aliphatic rings. The molecule has 0 aliphatic carbocycles. The highest BCUT2D eigenvalue weighted by Crippen LogP contribution is 2.34. The van der Waals surface area contributed by atoms with Gasteiger partial charge in [-0.25, -0.2) is 0 Å². The Morgan fingerprint density at radius 3 is 2.58 bits per heavy atom. The van der Waals surface area contributed by atoms with Crippen LogP contribution in [0.2, 0.25) is 0 Å². The van der Waals surface area contributed by atoms with Crippen LogP contribution in [0.4, 0.5) is 0 Å². The van der Waals surface area contributed by atoms with Crippen LogP contribution in [0.5, 0.6) is 0 Å². The van der Waals surface area contributed by atoms with Crippen molar-refractivity contribution in [2.75, 3.05) is 52.7 Å². The van der Waals surface area contributed by atoms with Gasteiger partial charge in [0, 0.05) is 25.4 Å². The third-order valence-corrected chi connectivity index (χ3v) is 5.08. The fourth-order valence-corrected chi connectivity index (χ4v) is 3.22. The van der Waals surface area contributed by atoms with Gasteiger partial charge in [0.15, 0.2) is 5.17 Å². The zero-order valence-corrected chi connectivity index (χ0v) is 13.7. The van der Waals surface area contributed by atoms with Gasteiger partial charge in [-0.3, -0.25) is 4.99 Å². The topological polar surface area (TPSA) is 36.9 Å². The van der Waals surface area contributed by atoms with E-state index < -0.39 is 0 Å². The molecule has 0 unspecified atom stereocenters. The lowest BCUT2D eigenvalue weighted by molar-refractivity contribution is 0.122. The van der Waals surface area contributed by atoms with Gasteiger partial charge in [0.2, 0.25) is 0 Å². The summed E-state index contributed by atoms with van der Waals surface area (Å²) in [6.07, 6.45) is 2.45. The Balaban J connectivity index is 2.13. The van der Waals surface area contributed by atoms with Crippen LogP contribution in [0.3, 0.4) is 0 Å². The van der Waals surface area contributed by atoms with E-state index in [0.717, 1.165) is 38.0 Å². The Hall–Kier alpha value is -0.260. The Labute approximate surface area is 122 Å². The second kappa shape index (κ2) is 8.82. The maximum atomic E-state index is 5.55. The maximum absolute atomic E-state index is 5.55. The summed E-state index contributed by atoms with van der Waals surface area (Å²) in [7, 11) is 4.12. The molecule has 0 atom stereocenters. The fraction of sp³-hybridized carbons (Fsp3) is 0.929. The van der Waals surface area contributed by atoms with Crippen LogP contribution >= 0.6 is 11.8 Å². The molecule has 0 saturated heterocycles. The van der Waals surface area contributed by atoms with Gasteiger partial charge in [0.05, 0.1) is 13.2 Å². The summed E-state index contributed by atoms with van der Waals surface area (Å²) in [6.45, 7) is 8.89. The number of rotatable bonds is 8. The van der Waals surface area contributed by atoms with Crippen molar-refractivity contribution in [3.05, 3.63) is 0 Å². The highest BCUT2D eigenvalue weighted by Gasteiger charge is 2.29. The smallest absolute Gasteiger partial charge is 0.156 e. The molecule has 0 aromatic carbocycles. The molecule has 112 valence electrons. The van der Waals surface area contributed by atoms with Crippen molar-refractivity contribution in [3.8, 4) is 0 Å². The lowest BCUT2D eigenvalue weighted by Crippen LogP contribution is -2.35. The second-order valence-corrected chi connectivity index (χ2v) is 6.42. The van der Waals surface area contributed by atoms with Crippen LogP contribution in [-0.4, -0.2) is 62.8 Å². The summed E-state index contributed by atoms with van der Waals surface area (Å²) in [5, 5.41) is 4.46. The van der Waals surface area contributed by atoms with Gasteiger partial charge >= 0.3 is 0 Å². The average molecular weight is 287 g/mol. The Morgan fingerprint density at radius 2 is 2.05 bits per heavy atom. The van der Waals surface area contributed by atoms with E-state index >= 15 is 0 Å². The Morgan fingerprint density at radius 1 is 1.32 bits per heavy atom. The van der Waals surface area contributed by atoms with E-state index in [1.807, 2.05) is 11.8 Å². The minimum absolute atomic E-state index is 0.429. The molecule has 0 bridgehead atoms. The monoisotopic (exact) mass is 287 g/mol. The van der Waals surface area contributed by atoms with E-state index in [9.17, 15) is 0 Å². The van der Waals surface area contributed by atoms with E-state index in [1.165, 1.54) is 18.6 Å². The van der Waals surface area contributed by atoms with Crippen molar-refractivity contribution in [2.24, 2.45) is 10.4 Å². The van der Waals surface area contributed by atoms with E-state index in [0.29, 0.717) is 5.41 Å². The molecule has 1 aliphatic heterocycles. The predicted molar refractivity (Wildman–Crippen MR) is 85.2 cm³/mol. The zero-order chi connectivity index (χ0) is 14.1. The summed E-state index contributed by atoms with van der Waals surface area (Å²) in [5.74, 6) is 1.19. The summed E-state index contributed by atoms with van der Waals surface area (Å²) in [6, 6.07) is 0. The third-order valence-electron chi connectivity index (χ3n) is 3.78. The first-order chi connectivity index (χ1) is 9.12. The van der Waals surface area contributed by atoms with Gasteiger partial charge in [-0.05, 0) is 32.4 Å². The van der Waals surface area contributed by atoms with E-state index in [4.69, 9.17) is 4.74 Å². The second-order valence-electron chi connectivity index (χ2n) is 5.46. The number of aliphatic imine (C=N–C) groups is 1. The normalized spacial score (nSPS) is 18.5. The van der Waals surface area contributed by atoms with Crippen LogP contribution in [-0.2, 0) is 4.74 Å². The largest absolute Gasteiger partial charge is 0.378 e. The minimum Gasteiger partial charge on any atom is -0.378 e. The van der Waals surface area contributed by atoms with Crippen LogP contribution in [0.1, 0.15) is 26.7 Å². The fourth-order valence-electron chi connectivity index (χ4n) is 1.92. The number of hydrogen-bond donors (Lipinski definition) is 1. The minimum atomic E-state index is 0.429. The summed E-state index contributed by atoms with van der Waals surface area (Å²) >= 11 is 1.86. The molecule has 0 spiro atoms. The van der Waals surface area contributed by atoms with Gasteiger partial charge in [0.1, 0.15) is 0 Å². The van der Waals surface area contributed by atoms with Gasteiger partial charge in [-0.2, -0.15) is 0 Å². The SMILES string of the molecule is CCC1(CC)CN=C(NCCOCCN(C)C)SC1. The van der Waals surface area contributed by atoms with Gasteiger partial charge in [0.25, 0.3) is 0 Å². The van der Waals surface area contributed by atoms with E-state index in [-0.39, 0.29) is 0 Å². The molecule has 0 radical (unpaired) electrons. The van der Waals surface area contributed by atoms with Crippen LogP contribution in [0.15, 0.2) is 4.99 Å². The summed E-state index contributed by atoms with van der Waals surface area (Å²) in [4.78, 5) is 6.80. The molecule has 0 aromatic rings. The lowest BCUT2D eigenvalue weighted by Gasteiger charge is -2.33. The van der Waals surface area contributed by atoms with Gasteiger partial charge < -0.3 is 15.0 Å². The van der Waals surface area contributed by atoms with Gasteiger partial charge in [-0.1, -0.05) is 25.6 Å². The lowest BCUT2D eigenvalue weighted by atomic mass is 9.84. The molecule has 0 amide bonds. The number of nitrogens with one attached hydrogen (secondary N) is 1. The molecule has 5 heteroatoms. The number of likely N-dealkylation sites (N-methyl/N-ethyl adjacent to an activating group) is 1. The molecule has 19 heavy (non-hydrogen) atoms. The first kappa shape index (κ1) is 16.8. The molecule has 1 rings (SSSR count). The maximum Gasteiger partial charge on any atom is 0.156 e. The number of hydrogen-bond acceptors (Lipinski definition) is 5. The number of thioether (sulfide) groups is 1. The molecule has 4 nitrogen and oxygen atoms in total. The van der Waals surface area contributed by atoms with Crippen molar-refractivity contribution in [3.63, 3.8) is 0 Å². The highest BCUT2D eigenvalue weighted by atomic mass is 32.2. The quantitative estimate of drug-likeness (QED) is 0.693. The van der Waals surface area contributed by atoms with Crippen LogP contribution in [0.25, 0.3) is 0 Å². The predicted octanol–water partition coefficient (Wildman–Crippen LogP) is 2.06. The van der Waals surface area contributed by atoms with E-state index in [1.54, 1.807) is 0 Å². The Bertz CT molecular complexity index is 278. The van der Waals surface area contributed by atoms with Crippen molar-refractivity contribution >= 4 is 16.9 Å². The van der Waals surface area contributed by atoms with Crippen molar-refractivity contribution in [1.29, 1.82) is 0 Å². The molecule has 0 saturated carbocycles. The van der Waals surface area contributed by atoms with Crippen molar-refractivity contribution in [1.82, 2.24) is 10.2 Å². The van der Waals surface area contributed by atoms with Crippen molar-refractivity contribution in [2.45, 2.75) is 26.7 Å². The number of amidine groups is 1. The summed E-state index contributed by atoms with van der Waals surface area (Å²) in [5.41, 5.74) is 0.429. The molecular formula is C14H29N3OS. The number of ether oxygens (including phenoxy) is 1. The van der Waals surface area contributed by atoms with Crippen LogP contribution in [0, 0.1) is 5.41 Å². The average Bonchev–Trinajstić information content (AvgIpc) is 2.43. The van der Waals surface area contributed by atoms with Crippen molar-refractivity contribution < 1.29 is 4.74 Å². The Kier molecular flexibility index (Phi) is 7.80. The van der Waals surface area contributed by atoms with E-state index in [2.05, 4.69) is 43.2 Å².